The first-order valence-corrected chi connectivity index (χ1v) is 6.75. The Morgan fingerprint density at radius 1 is 1.25 bits per heavy atom. The van der Waals surface area contributed by atoms with Crippen LogP contribution in [-0.4, -0.2) is 15.9 Å². The molecule has 0 radical (unpaired) electrons. The van der Waals surface area contributed by atoms with Gasteiger partial charge in [-0.3, -0.25) is 5.10 Å². The number of anilines is 2. The highest BCUT2D eigenvalue weighted by molar-refractivity contribution is 6.07. The Balaban J connectivity index is 1.98. The van der Waals surface area contributed by atoms with E-state index in [1.54, 1.807) is 0 Å². The Hall–Kier alpha value is -2.30. The number of aromatic nitrogens is 2. The van der Waals surface area contributed by atoms with Gasteiger partial charge in [-0.05, 0) is 30.4 Å². The van der Waals surface area contributed by atoms with Crippen molar-refractivity contribution in [2.75, 3.05) is 5.32 Å². The van der Waals surface area contributed by atoms with E-state index in [1.807, 2.05) is 30.3 Å². The zero-order chi connectivity index (χ0) is 14.2. The minimum absolute atomic E-state index is 0.155. The maximum Gasteiger partial charge on any atom is 0.161 e. The summed E-state index contributed by atoms with van der Waals surface area (Å²) in [6, 6.07) is 9.98. The molecule has 5 nitrogen and oxygen atoms in total. The van der Waals surface area contributed by atoms with Crippen LogP contribution in [0.3, 0.4) is 0 Å². The summed E-state index contributed by atoms with van der Waals surface area (Å²) in [6.45, 7) is 4.43. The molecule has 0 spiro atoms. The highest BCUT2D eigenvalue weighted by Crippen LogP contribution is 2.37. The highest BCUT2D eigenvalue weighted by Gasteiger charge is 2.33. The van der Waals surface area contributed by atoms with E-state index < -0.39 is 0 Å². The number of nitrogens with one attached hydrogen (secondary N) is 2. The van der Waals surface area contributed by atoms with Crippen LogP contribution >= 0.6 is 0 Å². The number of benzene rings is 1. The molecule has 1 aromatic heterocycles. The van der Waals surface area contributed by atoms with Crippen molar-refractivity contribution >= 4 is 17.2 Å². The molecule has 0 amide bonds. The number of hydrogen-bond acceptors (Lipinski definition) is 4. The van der Waals surface area contributed by atoms with E-state index >= 15 is 0 Å². The molecule has 1 aliphatic rings. The topological polar surface area (TPSA) is 79.1 Å². The maximum atomic E-state index is 5.58. The molecule has 5 heteroatoms. The van der Waals surface area contributed by atoms with Crippen LogP contribution < -0.4 is 11.2 Å². The van der Waals surface area contributed by atoms with Crippen LogP contribution in [0.4, 0.5) is 11.5 Å². The lowest BCUT2D eigenvalue weighted by atomic mass is 9.75. The van der Waals surface area contributed by atoms with E-state index in [1.165, 1.54) is 0 Å². The molecule has 0 saturated carbocycles. The summed E-state index contributed by atoms with van der Waals surface area (Å²) in [5.74, 6) is 6.38. The Kier molecular flexibility index (Phi) is 2.97. The molecule has 20 heavy (non-hydrogen) atoms. The van der Waals surface area contributed by atoms with Crippen LogP contribution in [0, 0.1) is 5.41 Å². The fraction of sp³-hybridized carbons (Fsp3) is 0.333. The molecule has 1 aliphatic carbocycles. The largest absolute Gasteiger partial charge is 0.338 e. The summed E-state index contributed by atoms with van der Waals surface area (Å²) >= 11 is 0. The SMILES string of the molecule is CC1(C)C/C(=N/N)c2c(Nc3ccccc3)n[nH]c2C1. The van der Waals surface area contributed by atoms with Gasteiger partial charge in [0.2, 0.25) is 0 Å². The highest BCUT2D eigenvalue weighted by atomic mass is 15.2. The minimum atomic E-state index is 0.155. The number of rotatable bonds is 2. The summed E-state index contributed by atoms with van der Waals surface area (Å²) in [5.41, 5.74) is 4.19. The molecule has 0 bridgehead atoms. The van der Waals surface area contributed by atoms with Crippen molar-refractivity contribution in [3.05, 3.63) is 41.6 Å². The van der Waals surface area contributed by atoms with Crippen LogP contribution in [0.1, 0.15) is 31.5 Å². The van der Waals surface area contributed by atoms with Crippen molar-refractivity contribution in [3.8, 4) is 0 Å². The summed E-state index contributed by atoms with van der Waals surface area (Å²) in [7, 11) is 0. The van der Waals surface area contributed by atoms with Gasteiger partial charge in [-0.2, -0.15) is 10.2 Å². The van der Waals surface area contributed by atoms with Gasteiger partial charge in [-0.15, -0.1) is 0 Å². The van der Waals surface area contributed by atoms with Gasteiger partial charge in [0, 0.05) is 11.4 Å². The second-order valence-corrected chi connectivity index (χ2v) is 6.01. The molecule has 104 valence electrons. The zero-order valence-electron chi connectivity index (χ0n) is 11.8. The van der Waals surface area contributed by atoms with Gasteiger partial charge in [0.15, 0.2) is 5.82 Å². The fourth-order valence-electron chi connectivity index (χ4n) is 2.76. The molecule has 1 aromatic carbocycles. The van der Waals surface area contributed by atoms with Gasteiger partial charge in [0.25, 0.3) is 0 Å². The van der Waals surface area contributed by atoms with E-state index in [2.05, 4.69) is 34.5 Å². The minimum Gasteiger partial charge on any atom is -0.338 e. The number of nitrogens with zero attached hydrogens (tertiary/aromatic N) is 2. The Morgan fingerprint density at radius 3 is 2.70 bits per heavy atom. The quantitative estimate of drug-likeness (QED) is 0.579. The molecule has 1 heterocycles. The average molecular weight is 269 g/mol. The average Bonchev–Trinajstić information content (AvgIpc) is 2.80. The van der Waals surface area contributed by atoms with E-state index in [-0.39, 0.29) is 5.41 Å². The number of hydrogen-bond donors (Lipinski definition) is 3. The first kappa shape index (κ1) is 12.7. The third kappa shape index (κ3) is 2.27. The van der Waals surface area contributed by atoms with Crippen LogP contribution in [0.2, 0.25) is 0 Å². The van der Waals surface area contributed by atoms with E-state index in [4.69, 9.17) is 5.84 Å². The first-order valence-electron chi connectivity index (χ1n) is 6.75. The molecular formula is C15H19N5. The van der Waals surface area contributed by atoms with Crippen molar-refractivity contribution < 1.29 is 0 Å². The van der Waals surface area contributed by atoms with Crippen LogP contribution in [0.15, 0.2) is 35.4 Å². The Labute approximate surface area is 118 Å². The lowest BCUT2D eigenvalue weighted by molar-refractivity contribution is 0.368. The van der Waals surface area contributed by atoms with Gasteiger partial charge in [0.05, 0.1) is 11.3 Å². The number of para-hydroxylation sites is 1. The van der Waals surface area contributed by atoms with Crippen molar-refractivity contribution in [3.63, 3.8) is 0 Å². The van der Waals surface area contributed by atoms with Crippen LogP contribution in [-0.2, 0) is 6.42 Å². The number of fused-ring (bicyclic) bond motifs is 1. The number of H-pyrrole nitrogens is 1. The third-order valence-electron chi connectivity index (χ3n) is 3.62. The van der Waals surface area contributed by atoms with Gasteiger partial charge >= 0.3 is 0 Å². The normalized spacial score (nSPS) is 18.8. The number of nitrogens with two attached hydrogens (primary N) is 1. The fourth-order valence-corrected chi connectivity index (χ4v) is 2.76. The van der Waals surface area contributed by atoms with Crippen molar-refractivity contribution in [2.45, 2.75) is 26.7 Å². The summed E-state index contributed by atoms with van der Waals surface area (Å²) in [5, 5.41) is 14.8. The third-order valence-corrected chi connectivity index (χ3v) is 3.62. The molecular weight excluding hydrogens is 250 g/mol. The molecule has 0 fully saturated rings. The van der Waals surface area contributed by atoms with Crippen molar-refractivity contribution in [2.24, 2.45) is 16.4 Å². The number of aromatic amines is 1. The van der Waals surface area contributed by atoms with Crippen LogP contribution in [0.5, 0.6) is 0 Å². The van der Waals surface area contributed by atoms with Gasteiger partial charge in [-0.1, -0.05) is 32.0 Å². The molecule has 2 aromatic rings. The Bertz CT molecular complexity index is 640. The molecule has 0 unspecified atom stereocenters. The molecule has 0 atom stereocenters. The van der Waals surface area contributed by atoms with E-state index in [0.29, 0.717) is 0 Å². The zero-order valence-corrected chi connectivity index (χ0v) is 11.8. The number of hydrazone groups is 1. The smallest absolute Gasteiger partial charge is 0.161 e. The Morgan fingerprint density at radius 2 is 2.00 bits per heavy atom. The second kappa shape index (κ2) is 4.67. The molecule has 0 saturated heterocycles. The molecule has 4 N–H and O–H groups in total. The molecule has 3 rings (SSSR count). The lowest BCUT2D eigenvalue weighted by Gasteiger charge is -2.29. The van der Waals surface area contributed by atoms with Crippen molar-refractivity contribution in [1.82, 2.24) is 10.2 Å². The second-order valence-electron chi connectivity index (χ2n) is 6.01. The van der Waals surface area contributed by atoms with Gasteiger partial charge < -0.3 is 11.2 Å². The maximum absolute atomic E-state index is 5.58. The monoisotopic (exact) mass is 269 g/mol. The predicted molar refractivity (Wildman–Crippen MR) is 81.1 cm³/mol. The van der Waals surface area contributed by atoms with E-state index in [0.717, 1.165) is 41.3 Å². The van der Waals surface area contributed by atoms with Crippen LogP contribution in [0.25, 0.3) is 0 Å². The summed E-state index contributed by atoms with van der Waals surface area (Å²) in [6.07, 6.45) is 1.81. The van der Waals surface area contributed by atoms with Crippen molar-refractivity contribution in [1.29, 1.82) is 0 Å². The lowest BCUT2D eigenvalue weighted by Crippen LogP contribution is -2.28. The first-order chi connectivity index (χ1) is 9.59. The van der Waals surface area contributed by atoms with Gasteiger partial charge in [0.1, 0.15) is 0 Å². The standard InChI is InChI=1S/C15H19N5/c1-15(2)8-11(18-16)13-12(9-15)19-20-14(13)17-10-6-4-3-5-7-10/h3-7H,8-9,16H2,1-2H3,(H2,17,19,20)/b18-11-. The molecule has 0 aliphatic heterocycles. The summed E-state index contributed by atoms with van der Waals surface area (Å²) in [4.78, 5) is 0. The van der Waals surface area contributed by atoms with Gasteiger partial charge in [-0.25, -0.2) is 0 Å². The van der Waals surface area contributed by atoms with E-state index in [9.17, 15) is 0 Å². The predicted octanol–water partition coefficient (Wildman–Crippen LogP) is 2.79. The summed E-state index contributed by atoms with van der Waals surface area (Å²) < 4.78 is 0.